The van der Waals surface area contributed by atoms with Gasteiger partial charge in [0.15, 0.2) is 17.4 Å². The Kier molecular flexibility index (Phi) is 25.1. The Balaban J connectivity index is -0.00000000750. The fourth-order valence-electron chi connectivity index (χ4n) is 0. The van der Waals surface area contributed by atoms with Crippen molar-refractivity contribution in [1.82, 2.24) is 0 Å². The summed E-state index contributed by atoms with van der Waals surface area (Å²) < 4.78 is 0. The first-order valence-corrected chi connectivity index (χ1v) is 0.651. The molecule has 0 amide bonds. The summed E-state index contributed by atoms with van der Waals surface area (Å²) >= 11 is 0. The summed E-state index contributed by atoms with van der Waals surface area (Å²) in [7, 11) is 0. The van der Waals surface area contributed by atoms with E-state index in [9.17, 15) is 0 Å². The van der Waals surface area contributed by atoms with E-state index in [1.807, 2.05) is 0 Å². The Hall–Kier alpha value is 1.37. The molecule has 2 N–H and O–H groups in total. The van der Waals surface area contributed by atoms with Crippen molar-refractivity contribution in [3.63, 3.8) is 0 Å². The third kappa shape index (κ3) is 54.5. The van der Waals surface area contributed by atoms with E-state index in [0.717, 1.165) is 0 Å². The summed E-state index contributed by atoms with van der Waals surface area (Å²) in [5, 5.41) is 13.9. The van der Waals surface area contributed by atoms with Crippen LogP contribution in [0.2, 0.25) is 0 Å². The zero-order valence-electron chi connectivity index (χ0n) is 4.51. The van der Waals surface area contributed by atoms with E-state index in [-0.39, 0.29) is 69.1 Å². The molecule has 0 rings (SSSR count). The minimum atomic E-state index is -1.83. The Morgan fingerprint density at radius 3 is 1.50 bits per heavy atom. The molecular weight excluding hydrogens is 224 g/mol. The minimum Gasteiger partial charge on any atom is -1.00 e. The quantitative estimate of drug-likeness (QED) is 0.519. The van der Waals surface area contributed by atoms with Crippen molar-refractivity contribution in [3.05, 3.63) is 0 Å². The van der Waals surface area contributed by atoms with Gasteiger partial charge in [0, 0.05) is 0 Å². The number of hydrogen-bond donors (Lipinski definition) is 2. The van der Waals surface area contributed by atoms with Crippen molar-refractivity contribution in [1.29, 1.82) is 0 Å². The molecule has 0 aliphatic heterocycles. The van der Waals surface area contributed by atoms with Crippen LogP contribution in [0, 0.1) is 0 Å². The van der Waals surface area contributed by atoms with Crippen LogP contribution in [0.1, 0.15) is 2.85 Å². The first-order valence-electron chi connectivity index (χ1n) is 0.651. The van der Waals surface area contributed by atoms with Crippen LogP contribution in [0.5, 0.6) is 0 Å². The van der Waals surface area contributed by atoms with Gasteiger partial charge in [-0.1, -0.05) is 0 Å². The molecule has 0 atom stereocenters. The maximum atomic E-state index is 8.56. The molecule has 0 heterocycles. The van der Waals surface area contributed by atoms with Gasteiger partial charge in [-0.15, -0.1) is 0 Å². The molecule has 5 heteroatoms. The van der Waals surface area contributed by atoms with Crippen molar-refractivity contribution in [2.45, 2.75) is 0 Å². The predicted molar refractivity (Wildman–Crippen MR) is 28.6 cm³/mol. The molecule has 6 heavy (non-hydrogen) atoms. The second-order valence-corrected chi connectivity index (χ2v) is 0.283. The SMILES string of the molecule is O=C(O)O.[AlH3].[Ba+2].[H-].[H-]. The topological polar surface area (TPSA) is 57.5 Å². The van der Waals surface area contributed by atoms with Gasteiger partial charge in [0.25, 0.3) is 0 Å². The summed E-state index contributed by atoms with van der Waals surface area (Å²) in [6.07, 6.45) is -1.83. The molecule has 0 aromatic carbocycles. The van der Waals surface area contributed by atoms with Gasteiger partial charge < -0.3 is 13.1 Å². The largest absolute Gasteiger partial charge is 2.00 e. The van der Waals surface area contributed by atoms with E-state index in [1.54, 1.807) is 0 Å². The Labute approximate surface area is 88.9 Å². The van der Waals surface area contributed by atoms with Gasteiger partial charge in [-0.3, -0.25) is 0 Å². The number of carbonyl (C=O) groups is 1. The molecule has 0 spiro atoms. The smallest absolute Gasteiger partial charge is 1.00 e. The molecule has 0 aromatic heterocycles. The van der Waals surface area contributed by atoms with Crippen LogP contribution in [-0.2, 0) is 0 Å². The first-order chi connectivity index (χ1) is 1.73. The average molecular weight is 231 g/mol. The Morgan fingerprint density at radius 1 is 1.50 bits per heavy atom. The second kappa shape index (κ2) is 9.62. The molecule has 0 fully saturated rings. The van der Waals surface area contributed by atoms with Gasteiger partial charge >= 0.3 is 55.0 Å². The van der Waals surface area contributed by atoms with Gasteiger partial charge in [0.05, 0.1) is 0 Å². The zero-order valence-corrected chi connectivity index (χ0v) is 6.95. The molecule has 0 bridgehead atoms. The van der Waals surface area contributed by atoms with Gasteiger partial charge in [-0.25, -0.2) is 4.79 Å². The van der Waals surface area contributed by atoms with E-state index < -0.39 is 6.16 Å². The molecule has 0 aliphatic carbocycles. The maximum Gasteiger partial charge on any atom is 2.00 e. The van der Waals surface area contributed by atoms with Crippen LogP contribution in [0.25, 0.3) is 0 Å². The molecular formula is CH7AlBaO3. The summed E-state index contributed by atoms with van der Waals surface area (Å²) in [5.74, 6) is 0. The Bertz CT molecular complexity index is 40.3. The molecule has 0 aromatic rings. The maximum absolute atomic E-state index is 8.56. The van der Waals surface area contributed by atoms with Crippen molar-refractivity contribution < 1.29 is 17.9 Å². The summed E-state index contributed by atoms with van der Waals surface area (Å²) in [4.78, 5) is 8.56. The van der Waals surface area contributed by atoms with E-state index in [2.05, 4.69) is 0 Å². The van der Waals surface area contributed by atoms with Crippen molar-refractivity contribution in [2.75, 3.05) is 0 Å². The molecule has 34 valence electrons. The minimum absolute atomic E-state index is 0. The standard InChI is InChI=1S/CH2O3.Al.Ba.5H/c2-1(3)4;;;;;;;/h(H2,2,3,4);;;;;;;/q;;+2;;;;2*-1. The summed E-state index contributed by atoms with van der Waals surface area (Å²) in [6.45, 7) is 0. The van der Waals surface area contributed by atoms with Gasteiger partial charge in [-0.05, 0) is 0 Å². The van der Waals surface area contributed by atoms with Crippen LogP contribution in [0.15, 0.2) is 0 Å². The monoisotopic (exact) mass is 232 g/mol. The summed E-state index contributed by atoms with van der Waals surface area (Å²) in [5.41, 5.74) is 0. The summed E-state index contributed by atoms with van der Waals surface area (Å²) in [6, 6.07) is 0. The fourth-order valence-corrected chi connectivity index (χ4v) is 0. The van der Waals surface area contributed by atoms with Crippen molar-refractivity contribution >= 4 is 72.4 Å². The molecule has 0 aliphatic rings. The van der Waals surface area contributed by atoms with Crippen LogP contribution in [0.3, 0.4) is 0 Å². The van der Waals surface area contributed by atoms with E-state index in [4.69, 9.17) is 15.0 Å². The van der Waals surface area contributed by atoms with Crippen molar-refractivity contribution in [2.24, 2.45) is 0 Å². The molecule has 0 radical (unpaired) electrons. The van der Waals surface area contributed by atoms with E-state index >= 15 is 0 Å². The van der Waals surface area contributed by atoms with E-state index in [0.29, 0.717) is 0 Å². The predicted octanol–water partition coefficient (Wildman–Crippen LogP) is -1.12. The third-order valence-corrected chi connectivity index (χ3v) is 0. The molecule has 0 saturated heterocycles. The first kappa shape index (κ1) is 15.7. The second-order valence-electron chi connectivity index (χ2n) is 0.283. The Morgan fingerprint density at radius 2 is 1.50 bits per heavy atom. The van der Waals surface area contributed by atoms with Crippen LogP contribution < -0.4 is 0 Å². The van der Waals surface area contributed by atoms with Crippen molar-refractivity contribution in [3.8, 4) is 0 Å². The van der Waals surface area contributed by atoms with Crippen LogP contribution in [0.4, 0.5) is 4.79 Å². The van der Waals surface area contributed by atoms with E-state index in [1.165, 1.54) is 0 Å². The number of carboxylic acid groups (broad SMARTS) is 2. The molecule has 0 saturated carbocycles. The molecule has 0 unspecified atom stereocenters. The normalized spacial score (nSPS) is 4.00. The molecule has 3 nitrogen and oxygen atoms in total. The van der Waals surface area contributed by atoms with Gasteiger partial charge in [0.2, 0.25) is 0 Å². The number of rotatable bonds is 0. The van der Waals surface area contributed by atoms with Gasteiger partial charge in [-0.2, -0.15) is 0 Å². The van der Waals surface area contributed by atoms with Crippen LogP contribution >= 0.6 is 0 Å². The third-order valence-electron chi connectivity index (χ3n) is 0. The average Bonchev–Trinajstić information content (AvgIpc) is 0.811. The van der Waals surface area contributed by atoms with Gasteiger partial charge in [0.1, 0.15) is 0 Å². The number of hydrogen-bond acceptors (Lipinski definition) is 1. The van der Waals surface area contributed by atoms with Crippen LogP contribution in [-0.4, -0.2) is 82.6 Å². The zero-order chi connectivity index (χ0) is 3.58. The fraction of sp³-hybridized carbons (Fsp3) is 0.